The minimum atomic E-state index is -1.01. The van der Waals surface area contributed by atoms with Crippen molar-refractivity contribution in [2.75, 3.05) is 13.2 Å². The Morgan fingerprint density at radius 1 is 1.31 bits per heavy atom. The molecule has 1 N–H and O–H groups in total. The second kappa shape index (κ2) is 3.59. The third kappa shape index (κ3) is 1.61. The number of carboxylic acid groups (broad SMARTS) is 1. The molecule has 5 heteroatoms. The summed E-state index contributed by atoms with van der Waals surface area (Å²) >= 11 is 0. The van der Waals surface area contributed by atoms with Crippen molar-refractivity contribution in [3.05, 3.63) is 17.3 Å². The van der Waals surface area contributed by atoms with Crippen molar-refractivity contribution in [2.24, 2.45) is 0 Å². The van der Waals surface area contributed by atoms with E-state index in [4.69, 9.17) is 14.3 Å². The summed E-state index contributed by atoms with van der Waals surface area (Å²) in [6, 6.07) is 0. The third-order valence-corrected chi connectivity index (χ3v) is 3.11. The second-order valence-electron chi connectivity index (χ2n) is 4.41. The topological polar surface area (TPSA) is 72.6 Å². The van der Waals surface area contributed by atoms with E-state index in [9.17, 15) is 4.79 Å². The van der Waals surface area contributed by atoms with Crippen molar-refractivity contribution in [3.8, 4) is 0 Å². The lowest BCUT2D eigenvalue weighted by Gasteiger charge is -1.99. The number of rotatable bonds is 3. The van der Waals surface area contributed by atoms with Gasteiger partial charge in [-0.3, -0.25) is 0 Å². The van der Waals surface area contributed by atoms with Crippen LogP contribution in [-0.4, -0.2) is 29.3 Å². The molecule has 1 aromatic rings. The summed E-state index contributed by atoms with van der Waals surface area (Å²) in [7, 11) is 0. The first-order valence-electron chi connectivity index (χ1n) is 5.57. The maximum atomic E-state index is 11.0. The maximum absolute atomic E-state index is 11.0. The molecule has 0 radical (unpaired) electrons. The molecule has 86 valence electrons. The lowest BCUT2D eigenvalue weighted by atomic mass is 10.1. The summed E-state index contributed by atoms with van der Waals surface area (Å²) in [5.74, 6) is -0.0164. The number of hydrogen-bond acceptors (Lipinski definition) is 4. The van der Waals surface area contributed by atoms with Crippen LogP contribution in [0.5, 0.6) is 0 Å². The molecule has 0 bridgehead atoms. The Morgan fingerprint density at radius 2 is 2.12 bits per heavy atom. The quantitative estimate of drug-likeness (QED) is 0.845. The van der Waals surface area contributed by atoms with Gasteiger partial charge in [-0.15, -0.1) is 0 Å². The fourth-order valence-electron chi connectivity index (χ4n) is 2.04. The van der Waals surface area contributed by atoms with Crippen LogP contribution in [0.4, 0.5) is 0 Å². The lowest BCUT2D eigenvalue weighted by molar-refractivity contribution is 0.0657. The summed E-state index contributed by atoms with van der Waals surface area (Å²) in [6.45, 7) is 1.29. The van der Waals surface area contributed by atoms with Gasteiger partial charge in [-0.1, -0.05) is 0 Å². The van der Waals surface area contributed by atoms with Crippen LogP contribution >= 0.6 is 0 Å². The first-order valence-corrected chi connectivity index (χ1v) is 5.57. The van der Waals surface area contributed by atoms with E-state index in [1.54, 1.807) is 0 Å². The van der Waals surface area contributed by atoms with E-state index in [0.29, 0.717) is 30.7 Å². The van der Waals surface area contributed by atoms with Crippen molar-refractivity contribution in [1.82, 2.24) is 4.98 Å². The average molecular weight is 223 g/mol. The van der Waals surface area contributed by atoms with Gasteiger partial charge in [-0.05, 0) is 19.3 Å². The lowest BCUT2D eigenvalue weighted by Crippen LogP contribution is -1.98. The molecule has 16 heavy (non-hydrogen) atoms. The zero-order chi connectivity index (χ0) is 11.1. The van der Waals surface area contributed by atoms with E-state index in [1.807, 2.05) is 0 Å². The van der Waals surface area contributed by atoms with Gasteiger partial charge < -0.3 is 14.3 Å². The fourth-order valence-corrected chi connectivity index (χ4v) is 2.04. The number of oxazole rings is 1. The SMILES string of the molecule is O=C(O)c1oc(C2CCOC2)nc1C1CC1. The molecular weight excluding hydrogens is 210 g/mol. The normalized spacial score (nSPS) is 24.9. The Hall–Kier alpha value is -1.36. The van der Waals surface area contributed by atoms with Crippen LogP contribution in [0.15, 0.2) is 4.42 Å². The Kier molecular flexibility index (Phi) is 2.21. The summed E-state index contributed by atoms with van der Waals surface area (Å²) in [5, 5.41) is 9.03. The molecule has 1 saturated heterocycles. The van der Waals surface area contributed by atoms with Crippen LogP contribution in [0.3, 0.4) is 0 Å². The zero-order valence-corrected chi connectivity index (χ0v) is 8.81. The van der Waals surface area contributed by atoms with Gasteiger partial charge in [0.25, 0.3) is 0 Å². The van der Waals surface area contributed by atoms with Crippen LogP contribution in [-0.2, 0) is 4.74 Å². The maximum Gasteiger partial charge on any atom is 0.373 e. The van der Waals surface area contributed by atoms with Crippen molar-refractivity contribution < 1.29 is 19.1 Å². The molecule has 2 heterocycles. The van der Waals surface area contributed by atoms with Gasteiger partial charge in [0, 0.05) is 12.5 Å². The van der Waals surface area contributed by atoms with E-state index in [0.717, 1.165) is 19.3 Å². The van der Waals surface area contributed by atoms with E-state index in [2.05, 4.69) is 4.98 Å². The predicted octanol–water partition coefficient (Wildman–Crippen LogP) is 1.75. The van der Waals surface area contributed by atoms with Gasteiger partial charge in [0.1, 0.15) is 0 Å². The molecular formula is C11H13NO4. The number of hydrogen-bond donors (Lipinski definition) is 1. The van der Waals surface area contributed by atoms with Crippen LogP contribution in [0.2, 0.25) is 0 Å². The Morgan fingerprint density at radius 3 is 2.69 bits per heavy atom. The monoisotopic (exact) mass is 223 g/mol. The Balaban J connectivity index is 1.94. The number of ether oxygens (including phenoxy) is 1. The highest BCUT2D eigenvalue weighted by Gasteiger charge is 2.35. The summed E-state index contributed by atoms with van der Waals surface area (Å²) < 4.78 is 10.6. The molecule has 1 saturated carbocycles. The molecule has 2 aliphatic rings. The summed E-state index contributed by atoms with van der Waals surface area (Å²) in [4.78, 5) is 15.4. The van der Waals surface area contributed by atoms with Gasteiger partial charge in [0.05, 0.1) is 18.2 Å². The number of carboxylic acids is 1. The second-order valence-corrected chi connectivity index (χ2v) is 4.41. The van der Waals surface area contributed by atoms with Crippen molar-refractivity contribution in [2.45, 2.75) is 31.1 Å². The highest BCUT2D eigenvalue weighted by molar-refractivity contribution is 5.86. The predicted molar refractivity (Wildman–Crippen MR) is 53.6 cm³/mol. The van der Waals surface area contributed by atoms with E-state index in [1.165, 1.54) is 0 Å². The molecule has 0 amide bonds. The molecule has 1 aliphatic heterocycles. The molecule has 1 aliphatic carbocycles. The van der Waals surface area contributed by atoms with Crippen LogP contribution < -0.4 is 0 Å². The zero-order valence-electron chi connectivity index (χ0n) is 8.81. The minimum absolute atomic E-state index is 0.0319. The fraction of sp³-hybridized carbons (Fsp3) is 0.636. The molecule has 0 aromatic carbocycles. The molecule has 1 unspecified atom stereocenters. The standard InChI is InChI=1S/C11H13NO4/c13-11(14)9-8(6-1-2-6)12-10(16-9)7-3-4-15-5-7/h6-7H,1-5H2,(H,13,14). The first-order chi connectivity index (χ1) is 7.75. The first kappa shape index (κ1) is 9.84. The van der Waals surface area contributed by atoms with E-state index in [-0.39, 0.29) is 11.7 Å². The Labute approximate surface area is 92.4 Å². The Bertz CT molecular complexity index is 416. The summed E-state index contributed by atoms with van der Waals surface area (Å²) in [5.41, 5.74) is 0.634. The van der Waals surface area contributed by atoms with Crippen molar-refractivity contribution >= 4 is 5.97 Å². The molecule has 3 rings (SSSR count). The molecule has 1 aromatic heterocycles. The van der Waals surface area contributed by atoms with Crippen molar-refractivity contribution in [3.63, 3.8) is 0 Å². The number of carbonyl (C=O) groups is 1. The van der Waals surface area contributed by atoms with Crippen molar-refractivity contribution in [1.29, 1.82) is 0 Å². The largest absolute Gasteiger partial charge is 0.475 e. The summed E-state index contributed by atoms with van der Waals surface area (Å²) in [6.07, 6.45) is 2.91. The molecule has 2 fully saturated rings. The number of aromatic carboxylic acids is 1. The van der Waals surface area contributed by atoms with E-state index >= 15 is 0 Å². The number of nitrogens with zero attached hydrogens (tertiary/aromatic N) is 1. The highest BCUT2D eigenvalue weighted by Crippen LogP contribution is 2.42. The molecule has 5 nitrogen and oxygen atoms in total. The van der Waals surface area contributed by atoms with Gasteiger partial charge in [0.2, 0.25) is 11.7 Å². The van der Waals surface area contributed by atoms with Crippen LogP contribution in [0.1, 0.15) is 53.2 Å². The molecule has 0 spiro atoms. The molecule has 1 atom stereocenters. The van der Waals surface area contributed by atoms with Gasteiger partial charge >= 0.3 is 5.97 Å². The average Bonchev–Trinajstić information content (AvgIpc) is 2.83. The van der Waals surface area contributed by atoms with Gasteiger partial charge in [-0.2, -0.15) is 0 Å². The highest BCUT2D eigenvalue weighted by atomic mass is 16.5. The third-order valence-electron chi connectivity index (χ3n) is 3.11. The van der Waals surface area contributed by atoms with Gasteiger partial charge in [-0.25, -0.2) is 9.78 Å². The van der Waals surface area contributed by atoms with Crippen LogP contribution in [0.25, 0.3) is 0 Å². The van der Waals surface area contributed by atoms with Crippen LogP contribution in [0, 0.1) is 0 Å². The van der Waals surface area contributed by atoms with Gasteiger partial charge in [0.15, 0.2) is 0 Å². The number of aromatic nitrogens is 1. The van der Waals surface area contributed by atoms with E-state index < -0.39 is 5.97 Å². The minimum Gasteiger partial charge on any atom is -0.475 e. The smallest absolute Gasteiger partial charge is 0.373 e.